The van der Waals surface area contributed by atoms with E-state index in [0.717, 1.165) is 28.5 Å². The lowest BCUT2D eigenvalue weighted by molar-refractivity contribution is 0.0551. The van der Waals surface area contributed by atoms with Crippen LogP contribution in [0.5, 0.6) is 0 Å². The van der Waals surface area contributed by atoms with Crippen molar-refractivity contribution in [2.24, 2.45) is 5.92 Å². The van der Waals surface area contributed by atoms with Gasteiger partial charge in [0.25, 0.3) is 23.6 Å². The van der Waals surface area contributed by atoms with Gasteiger partial charge in [-0.05, 0) is 67.5 Å². The monoisotopic (exact) mass is 694 g/mol. The zero-order valence-electron chi connectivity index (χ0n) is 30.3. The number of hydrogen-bond acceptors (Lipinski definition) is 8. The van der Waals surface area contributed by atoms with Gasteiger partial charge in [0.1, 0.15) is 0 Å². The van der Waals surface area contributed by atoms with Crippen LogP contribution in [0.2, 0.25) is 0 Å². The third-order valence-electron chi connectivity index (χ3n) is 9.67. The van der Waals surface area contributed by atoms with Gasteiger partial charge in [-0.1, -0.05) is 75.7 Å². The fourth-order valence-corrected chi connectivity index (χ4v) is 6.45. The number of hydrogen-bond donors (Lipinski definition) is 1. The Morgan fingerprint density at radius 1 is 0.627 bits per heavy atom. The number of likely N-dealkylation sites (N-methyl/N-ethyl adjacent to an activating group) is 1. The molecular weight excluding hydrogens is 644 g/mol. The van der Waals surface area contributed by atoms with Crippen molar-refractivity contribution in [3.8, 4) is 0 Å². The molecule has 0 saturated carbocycles. The molecule has 0 saturated heterocycles. The van der Waals surface area contributed by atoms with Crippen LogP contribution in [0.3, 0.4) is 0 Å². The number of carbonyl (C=O) groups excluding carboxylic acids is 4. The Morgan fingerprint density at radius 2 is 1.06 bits per heavy atom. The average molecular weight is 695 g/mol. The van der Waals surface area contributed by atoms with Crippen molar-refractivity contribution in [3.05, 3.63) is 95.1 Å². The SMILES string of the molecule is CCC(C)C.CN(CCCN(CCOCCO)CCN1C(=O)c2cccc3cccc(c23)C1=O)CCN1C(=O)c2cccc3cccc(c23)C1=O. The molecule has 0 aliphatic carbocycles. The molecule has 2 heterocycles. The van der Waals surface area contributed by atoms with Gasteiger partial charge in [0, 0.05) is 65.8 Å². The largest absolute Gasteiger partial charge is 0.394 e. The molecule has 51 heavy (non-hydrogen) atoms. The second kappa shape index (κ2) is 17.6. The van der Waals surface area contributed by atoms with E-state index < -0.39 is 0 Å². The maximum Gasteiger partial charge on any atom is 0.261 e. The Balaban J connectivity index is 0.000000943. The fourth-order valence-electron chi connectivity index (χ4n) is 6.45. The molecule has 0 spiro atoms. The van der Waals surface area contributed by atoms with E-state index in [-0.39, 0.29) is 49.9 Å². The topological polar surface area (TPSA) is 111 Å². The molecule has 0 atom stereocenters. The molecule has 2 aliphatic rings. The van der Waals surface area contributed by atoms with Gasteiger partial charge in [-0.15, -0.1) is 0 Å². The number of rotatable bonds is 16. The first-order valence-electron chi connectivity index (χ1n) is 18.0. The van der Waals surface area contributed by atoms with E-state index >= 15 is 0 Å². The van der Waals surface area contributed by atoms with E-state index in [1.54, 1.807) is 24.3 Å². The summed E-state index contributed by atoms with van der Waals surface area (Å²) in [5.41, 5.74) is 2.19. The Labute approximate surface area is 300 Å². The normalized spacial score (nSPS) is 14.0. The molecule has 2 aliphatic heterocycles. The lowest BCUT2D eigenvalue weighted by atomic mass is 9.94. The highest BCUT2D eigenvalue weighted by atomic mass is 16.5. The number of carbonyl (C=O) groups is 4. The fraction of sp³-hybridized carbons (Fsp3) is 0.415. The van der Waals surface area contributed by atoms with Crippen LogP contribution in [0.15, 0.2) is 72.8 Å². The van der Waals surface area contributed by atoms with E-state index in [1.807, 2.05) is 55.6 Å². The van der Waals surface area contributed by atoms with Crippen LogP contribution in [0.4, 0.5) is 0 Å². The van der Waals surface area contributed by atoms with E-state index in [2.05, 4.69) is 30.6 Å². The molecule has 0 fully saturated rings. The summed E-state index contributed by atoms with van der Waals surface area (Å²) in [6, 6.07) is 22.1. The van der Waals surface area contributed by atoms with Gasteiger partial charge in [0.05, 0.1) is 19.8 Å². The van der Waals surface area contributed by atoms with Crippen molar-refractivity contribution < 1.29 is 29.0 Å². The first-order valence-corrected chi connectivity index (χ1v) is 18.0. The van der Waals surface area contributed by atoms with Crippen molar-refractivity contribution in [1.82, 2.24) is 19.6 Å². The summed E-state index contributed by atoms with van der Waals surface area (Å²) in [5, 5.41) is 12.3. The molecule has 6 rings (SSSR count). The third-order valence-corrected chi connectivity index (χ3v) is 9.67. The highest BCUT2D eigenvalue weighted by Crippen LogP contribution is 2.31. The Kier molecular flexibility index (Phi) is 13.1. The van der Waals surface area contributed by atoms with Gasteiger partial charge in [0.15, 0.2) is 0 Å². The molecule has 4 aromatic carbocycles. The number of aliphatic hydroxyl groups is 1. The maximum absolute atomic E-state index is 13.4. The standard InChI is InChI=1S/C36H38N4O6.C5H12/c1-37(17-19-39-33(42)27-11-2-7-25-8-3-12-28(31(25)27)34(39)43)15-6-16-38(21-23-46-24-22-41)18-20-40-35(44)29-13-4-9-26-10-5-14-30(32(26)29)36(40)45;1-4-5(2)3/h2-5,7-14,41H,6,15-24H2,1H3;5H,4H2,1-3H3. The van der Waals surface area contributed by atoms with Crippen LogP contribution in [-0.4, -0.2) is 121 Å². The number of nitrogens with zero attached hydrogens (tertiary/aromatic N) is 4. The van der Waals surface area contributed by atoms with Gasteiger partial charge in [0.2, 0.25) is 0 Å². The molecule has 0 bridgehead atoms. The van der Waals surface area contributed by atoms with E-state index in [0.29, 0.717) is 67.0 Å². The van der Waals surface area contributed by atoms with E-state index in [4.69, 9.17) is 9.84 Å². The minimum atomic E-state index is -0.286. The summed E-state index contributed by atoms with van der Waals surface area (Å²) in [4.78, 5) is 60.2. The van der Waals surface area contributed by atoms with E-state index in [9.17, 15) is 19.2 Å². The van der Waals surface area contributed by atoms with Crippen molar-refractivity contribution in [3.63, 3.8) is 0 Å². The molecule has 0 unspecified atom stereocenters. The number of benzene rings is 4. The number of ether oxygens (including phenoxy) is 1. The van der Waals surface area contributed by atoms with Crippen LogP contribution in [0.1, 0.15) is 75.0 Å². The van der Waals surface area contributed by atoms with Crippen LogP contribution in [0, 0.1) is 5.92 Å². The predicted molar refractivity (Wildman–Crippen MR) is 200 cm³/mol. The molecule has 0 radical (unpaired) electrons. The lowest BCUT2D eigenvalue weighted by Crippen LogP contribution is -2.45. The molecule has 0 aromatic heterocycles. The zero-order chi connectivity index (χ0) is 36.5. The van der Waals surface area contributed by atoms with Crippen molar-refractivity contribution in [1.29, 1.82) is 0 Å². The Morgan fingerprint density at radius 3 is 1.47 bits per heavy atom. The summed E-state index contributed by atoms with van der Waals surface area (Å²) >= 11 is 0. The minimum Gasteiger partial charge on any atom is -0.394 e. The first kappa shape index (κ1) is 37.8. The van der Waals surface area contributed by atoms with Crippen LogP contribution in [-0.2, 0) is 4.74 Å². The van der Waals surface area contributed by atoms with Crippen molar-refractivity contribution >= 4 is 45.2 Å². The lowest BCUT2D eigenvalue weighted by Gasteiger charge is -2.31. The van der Waals surface area contributed by atoms with Crippen LogP contribution < -0.4 is 0 Å². The molecule has 1 N–H and O–H groups in total. The Hall–Kier alpha value is -4.48. The number of imide groups is 2. The van der Waals surface area contributed by atoms with Gasteiger partial charge in [-0.3, -0.25) is 33.9 Å². The quantitative estimate of drug-likeness (QED) is 0.120. The van der Waals surface area contributed by atoms with Gasteiger partial charge < -0.3 is 14.7 Å². The molecule has 4 amide bonds. The minimum absolute atomic E-state index is 0.0602. The Bertz CT molecular complexity index is 1770. The average Bonchev–Trinajstić information content (AvgIpc) is 3.14. The van der Waals surface area contributed by atoms with Crippen molar-refractivity contribution in [2.75, 3.05) is 72.7 Å². The van der Waals surface area contributed by atoms with Crippen LogP contribution >= 0.6 is 0 Å². The summed E-state index contributed by atoms with van der Waals surface area (Å²) in [7, 11) is 1.96. The number of aliphatic hydroxyl groups excluding tert-OH is 1. The maximum atomic E-state index is 13.4. The predicted octanol–water partition coefficient (Wildman–Crippen LogP) is 5.57. The van der Waals surface area contributed by atoms with Gasteiger partial charge in [-0.25, -0.2) is 0 Å². The first-order chi connectivity index (χ1) is 24.7. The molecule has 10 nitrogen and oxygen atoms in total. The second-order valence-corrected chi connectivity index (χ2v) is 13.6. The summed E-state index contributed by atoms with van der Waals surface area (Å²) in [6.07, 6.45) is 2.09. The summed E-state index contributed by atoms with van der Waals surface area (Å²) < 4.78 is 5.51. The number of amides is 4. The smallest absolute Gasteiger partial charge is 0.261 e. The summed E-state index contributed by atoms with van der Waals surface area (Å²) in [5.74, 6) is -0.220. The molecule has 270 valence electrons. The van der Waals surface area contributed by atoms with Gasteiger partial charge in [-0.2, -0.15) is 0 Å². The van der Waals surface area contributed by atoms with Gasteiger partial charge >= 0.3 is 0 Å². The molecule has 4 aromatic rings. The summed E-state index contributed by atoms with van der Waals surface area (Å²) in [6.45, 7) is 10.7. The second-order valence-electron chi connectivity index (χ2n) is 13.6. The highest BCUT2D eigenvalue weighted by molar-refractivity contribution is 6.26. The van der Waals surface area contributed by atoms with Crippen molar-refractivity contribution in [2.45, 2.75) is 33.6 Å². The molecular formula is C41H50N4O6. The van der Waals surface area contributed by atoms with E-state index in [1.165, 1.54) is 16.2 Å². The highest BCUT2D eigenvalue weighted by Gasteiger charge is 2.34. The molecule has 10 heteroatoms. The van der Waals surface area contributed by atoms with Crippen LogP contribution in [0.25, 0.3) is 21.5 Å². The zero-order valence-corrected chi connectivity index (χ0v) is 30.3. The third kappa shape index (κ3) is 8.70.